The molecule has 0 aliphatic heterocycles. The second-order valence-corrected chi connectivity index (χ2v) is 4.77. The van der Waals surface area contributed by atoms with Gasteiger partial charge >= 0.3 is 0 Å². The topological polar surface area (TPSA) is 51.8 Å². The highest BCUT2D eigenvalue weighted by atomic mass is 32.2. The van der Waals surface area contributed by atoms with E-state index in [0.717, 1.165) is 35.3 Å². The minimum atomic E-state index is 0.789. The molecule has 0 aromatic carbocycles. The molecule has 0 saturated carbocycles. The lowest BCUT2D eigenvalue weighted by atomic mass is 10.3. The third kappa shape index (κ3) is 4.06. The third-order valence-corrected chi connectivity index (χ3v) is 3.55. The van der Waals surface area contributed by atoms with Gasteiger partial charge in [-0.2, -0.15) is 4.37 Å². The second-order valence-electron chi connectivity index (χ2n) is 2.67. The maximum atomic E-state index is 5.40. The second kappa shape index (κ2) is 6.34. The summed E-state index contributed by atoms with van der Waals surface area (Å²) in [5, 5.41) is 0. The molecule has 5 heteroatoms. The van der Waals surface area contributed by atoms with Crippen LogP contribution >= 0.6 is 23.3 Å². The molecule has 13 heavy (non-hydrogen) atoms. The Morgan fingerprint density at radius 1 is 1.46 bits per heavy atom. The smallest absolute Gasteiger partial charge is 0.170 e. The Bertz CT molecular complexity index is 237. The summed E-state index contributed by atoms with van der Waals surface area (Å²) < 4.78 is 5.31. The quantitative estimate of drug-likeness (QED) is 0.584. The summed E-state index contributed by atoms with van der Waals surface area (Å²) in [5.41, 5.74) is 5.40. The molecule has 1 aromatic heterocycles. The van der Waals surface area contributed by atoms with E-state index in [1.54, 1.807) is 11.8 Å². The number of unbranched alkanes of at least 4 members (excludes halogenated alkanes) is 1. The van der Waals surface area contributed by atoms with Crippen molar-refractivity contribution in [3.8, 4) is 0 Å². The first-order valence-electron chi connectivity index (χ1n) is 4.52. The molecule has 1 rings (SSSR count). The van der Waals surface area contributed by atoms with E-state index in [0.29, 0.717) is 0 Å². The highest BCUT2D eigenvalue weighted by molar-refractivity contribution is 8.00. The van der Waals surface area contributed by atoms with E-state index in [2.05, 4.69) is 16.3 Å². The van der Waals surface area contributed by atoms with Crippen molar-refractivity contribution in [1.29, 1.82) is 0 Å². The van der Waals surface area contributed by atoms with E-state index >= 15 is 0 Å². The zero-order valence-electron chi connectivity index (χ0n) is 7.82. The van der Waals surface area contributed by atoms with Gasteiger partial charge in [0.25, 0.3) is 0 Å². The molecule has 0 aliphatic carbocycles. The summed E-state index contributed by atoms with van der Waals surface area (Å²) >= 11 is 3.29. The van der Waals surface area contributed by atoms with Crippen molar-refractivity contribution in [3.63, 3.8) is 0 Å². The third-order valence-electron chi connectivity index (χ3n) is 1.59. The fourth-order valence-electron chi connectivity index (χ4n) is 0.846. The normalized spacial score (nSPS) is 10.6. The predicted octanol–water partition coefficient (Wildman–Crippen LogP) is 1.93. The van der Waals surface area contributed by atoms with Crippen LogP contribution in [0, 0.1) is 0 Å². The summed E-state index contributed by atoms with van der Waals surface area (Å²) in [6.07, 6.45) is 3.20. The summed E-state index contributed by atoms with van der Waals surface area (Å²) in [5.74, 6) is 2.07. The van der Waals surface area contributed by atoms with Crippen LogP contribution in [-0.4, -0.2) is 21.7 Å². The highest BCUT2D eigenvalue weighted by Gasteiger charge is 2.01. The van der Waals surface area contributed by atoms with Crippen LogP contribution in [0.1, 0.15) is 25.6 Å². The van der Waals surface area contributed by atoms with Crippen molar-refractivity contribution in [2.75, 3.05) is 12.3 Å². The van der Waals surface area contributed by atoms with Crippen molar-refractivity contribution in [2.45, 2.75) is 30.5 Å². The van der Waals surface area contributed by atoms with E-state index in [-0.39, 0.29) is 0 Å². The molecule has 0 spiro atoms. The number of hydrogen-bond acceptors (Lipinski definition) is 5. The molecule has 0 unspecified atom stereocenters. The zero-order valence-corrected chi connectivity index (χ0v) is 9.46. The first-order chi connectivity index (χ1) is 6.36. The Balaban J connectivity index is 2.20. The van der Waals surface area contributed by atoms with Gasteiger partial charge in [-0.15, -0.1) is 0 Å². The molecule has 0 saturated heterocycles. The molecule has 0 atom stereocenters. The molecule has 0 amide bonds. The number of nitrogens with zero attached hydrogens (tertiary/aromatic N) is 2. The van der Waals surface area contributed by atoms with E-state index in [1.807, 2.05) is 0 Å². The van der Waals surface area contributed by atoms with Crippen LogP contribution in [0.5, 0.6) is 0 Å². The first kappa shape index (κ1) is 10.9. The first-order valence-corrected chi connectivity index (χ1v) is 6.28. The average Bonchev–Trinajstić information content (AvgIpc) is 2.60. The molecule has 2 N–H and O–H groups in total. The molecule has 0 fully saturated rings. The monoisotopic (exact) mass is 217 g/mol. The van der Waals surface area contributed by atoms with Crippen LogP contribution in [0.4, 0.5) is 0 Å². The summed E-state index contributed by atoms with van der Waals surface area (Å²) in [7, 11) is 0. The minimum Gasteiger partial charge on any atom is -0.330 e. The van der Waals surface area contributed by atoms with Gasteiger partial charge in [0.1, 0.15) is 5.82 Å². The van der Waals surface area contributed by atoms with Crippen molar-refractivity contribution in [1.82, 2.24) is 9.36 Å². The van der Waals surface area contributed by atoms with Crippen LogP contribution < -0.4 is 5.73 Å². The Morgan fingerprint density at radius 3 is 2.92 bits per heavy atom. The SMILES string of the molecule is CCc1nsc(SCCCCN)n1. The van der Waals surface area contributed by atoms with Crippen LogP contribution in [0.2, 0.25) is 0 Å². The van der Waals surface area contributed by atoms with Crippen LogP contribution in [-0.2, 0) is 6.42 Å². The van der Waals surface area contributed by atoms with E-state index < -0.39 is 0 Å². The number of thioether (sulfide) groups is 1. The number of rotatable bonds is 6. The van der Waals surface area contributed by atoms with Crippen molar-refractivity contribution >= 4 is 23.3 Å². The summed E-state index contributed by atoms with van der Waals surface area (Å²) in [6, 6.07) is 0. The standard InChI is InChI=1S/C8H15N3S2/c1-2-7-10-8(13-11-7)12-6-4-3-5-9/h2-6,9H2,1H3. The van der Waals surface area contributed by atoms with Gasteiger partial charge < -0.3 is 5.73 Å². The van der Waals surface area contributed by atoms with Gasteiger partial charge in [0.05, 0.1) is 0 Å². The Labute approximate surface area is 87.3 Å². The molecule has 1 heterocycles. The summed E-state index contributed by atoms with van der Waals surface area (Å²) in [6.45, 7) is 2.86. The Kier molecular flexibility index (Phi) is 5.34. The number of aromatic nitrogens is 2. The molecule has 3 nitrogen and oxygen atoms in total. The van der Waals surface area contributed by atoms with Crippen molar-refractivity contribution < 1.29 is 0 Å². The molecule has 0 aliphatic rings. The molecule has 0 bridgehead atoms. The fourth-order valence-corrected chi connectivity index (χ4v) is 2.61. The van der Waals surface area contributed by atoms with Gasteiger partial charge in [-0.05, 0) is 30.9 Å². The lowest BCUT2D eigenvalue weighted by Gasteiger charge is -1.94. The van der Waals surface area contributed by atoms with Gasteiger partial charge in [0, 0.05) is 12.2 Å². The van der Waals surface area contributed by atoms with E-state index in [4.69, 9.17) is 5.73 Å². The van der Waals surface area contributed by atoms with E-state index in [1.165, 1.54) is 18.0 Å². The Hall–Kier alpha value is -0.130. The molecule has 74 valence electrons. The maximum Gasteiger partial charge on any atom is 0.170 e. The van der Waals surface area contributed by atoms with Gasteiger partial charge in [-0.3, -0.25) is 0 Å². The minimum absolute atomic E-state index is 0.789. The van der Waals surface area contributed by atoms with Crippen molar-refractivity contribution in [3.05, 3.63) is 5.82 Å². The summed E-state index contributed by atoms with van der Waals surface area (Å²) in [4.78, 5) is 4.37. The van der Waals surface area contributed by atoms with Crippen molar-refractivity contribution in [2.24, 2.45) is 5.73 Å². The lowest BCUT2D eigenvalue weighted by molar-refractivity contribution is 0.814. The number of nitrogens with two attached hydrogens (primary N) is 1. The van der Waals surface area contributed by atoms with Crippen LogP contribution in [0.3, 0.4) is 0 Å². The largest absolute Gasteiger partial charge is 0.330 e. The highest BCUT2D eigenvalue weighted by Crippen LogP contribution is 2.21. The fraction of sp³-hybridized carbons (Fsp3) is 0.750. The van der Waals surface area contributed by atoms with Crippen LogP contribution in [0.25, 0.3) is 0 Å². The molecule has 1 aromatic rings. The van der Waals surface area contributed by atoms with Gasteiger partial charge in [0.2, 0.25) is 0 Å². The van der Waals surface area contributed by atoms with Crippen LogP contribution in [0.15, 0.2) is 4.34 Å². The predicted molar refractivity (Wildman–Crippen MR) is 58.3 cm³/mol. The molecular formula is C8H15N3S2. The maximum absolute atomic E-state index is 5.40. The molecule has 0 radical (unpaired) electrons. The van der Waals surface area contributed by atoms with Gasteiger partial charge in [0.15, 0.2) is 4.34 Å². The van der Waals surface area contributed by atoms with E-state index in [9.17, 15) is 0 Å². The van der Waals surface area contributed by atoms with Gasteiger partial charge in [-0.1, -0.05) is 18.7 Å². The zero-order chi connectivity index (χ0) is 9.52. The lowest BCUT2D eigenvalue weighted by Crippen LogP contribution is -1.98. The average molecular weight is 217 g/mol. The number of aryl methyl sites for hydroxylation is 1. The number of hydrogen-bond donors (Lipinski definition) is 1. The molecular weight excluding hydrogens is 202 g/mol. The van der Waals surface area contributed by atoms with Gasteiger partial charge in [-0.25, -0.2) is 4.98 Å². The Morgan fingerprint density at radius 2 is 2.31 bits per heavy atom.